The zero-order valence-electron chi connectivity index (χ0n) is 10.1. The van der Waals surface area contributed by atoms with Gasteiger partial charge in [0.25, 0.3) is 5.91 Å². The van der Waals surface area contributed by atoms with E-state index in [0.717, 1.165) is 5.56 Å². The van der Waals surface area contributed by atoms with Crippen LogP contribution in [-0.4, -0.2) is 10.9 Å². The maximum Gasteiger partial charge on any atom is 0.256 e. The third-order valence-electron chi connectivity index (χ3n) is 2.60. The average Bonchev–Trinajstić information content (AvgIpc) is 2.77. The summed E-state index contributed by atoms with van der Waals surface area (Å²) in [6.07, 6.45) is 0. The number of anilines is 1. The van der Waals surface area contributed by atoms with E-state index in [0.29, 0.717) is 21.8 Å². The fourth-order valence-electron chi connectivity index (χ4n) is 1.55. The number of benzene rings is 1. The summed E-state index contributed by atoms with van der Waals surface area (Å²) in [5.74, 6) is -0.177. The van der Waals surface area contributed by atoms with E-state index in [2.05, 4.69) is 5.32 Å². The highest BCUT2D eigenvalue weighted by Gasteiger charge is 2.12. The zero-order chi connectivity index (χ0) is 14.0. The molecule has 0 atom stereocenters. The summed E-state index contributed by atoms with van der Waals surface area (Å²) in [5, 5.41) is 6.91. The number of rotatable bonds is 3. The van der Waals surface area contributed by atoms with E-state index in [-0.39, 0.29) is 10.9 Å². The van der Waals surface area contributed by atoms with Crippen molar-refractivity contribution in [2.24, 2.45) is 5.73 Å². The molecule has 0 saturated carbocycles. The fraction of sp³-hybridized carbons (Fsp3) is 0.0769. The second-order valence-corrected chi connectivity index (χ2v) is 5.57. The highest BCUT2D eigenvalue weighted by molar-refractivity contribution is 7.80. The molecule has 2 rings (SSSR count). The van der Waals surface area contributed by atoms with E-state index in [1.54, 1.807) is 18.2 Å². The standard InChI is InChI=1S/C13H11ClN2OS2/c1-7-5-19-6-9(7)13(17)16-11-3-2-8(12(15)18)4-10(11)14/h2-6H,1H3,(H2,15,18)(H,16,17). The average molecular weight is 311 g/mol. The smallest absolute Gasteiger partial charge is 0.256 e. The Hall–Kier alpha value is -1.43. The second-order valence-electron chi connectivity index (χ2n) is 3.98. The lowest BCUT2D eigenvalue weighted by Gasteiger charge is -2.08. The first-order valence-electron chi connectivity index (χ1n) is 5.42. The Labute approximate surface area is 125 Å². The van der Waals surface area contributed by atoms with Gasteiger partial charge in [0.05, 0.1) is 16.3 Å². The first-order valence-corrected chi connectivity index (χ1v) is 7.15. The zero-order valence-corrected chi connectivity index (χ0v) is 12.5. The summed E-state index contributed by atoms with van der Waals surface area (Å²) < 4.78 is 0. The van der Waals surface area contributed by atoms with E-state index < -0.39 is 0 Å². The van der Waals surface area contributed by atoms with E-state index >= 15 is 0 Å². The number of carbonyl (C=O) groups excluding carboxylic acids is 1. The van der Waals surface area contributed by atoms with Gasteiger partial charge in [0.15, 0.2) is 0 Å². The molecule has 0 fully saturated rings. The molecule has 0 unspecified atom stereocenters. The van der Waals surface area contributed by atoms with Crippen molar-refractivity contribution in [3.63, 3.8) is 0 Å². The molecule has 0 aliphatic carbocycles. The summed E-state index contributed by atoms with van der Waals surface area (Å²) in [7, 11) is 0. The molecule has 19 heavy (non-hydrogen) atoms. The van der Waals surface area contributed by atoms with Gasteiger partial charge in [-0.1, -0.05) is 23.8 Å². The molecular formula is C13H11ClN2OS2. The van der Waals surface area contributed by atoms with Crippen molar-refractivity contribution < 1.29 is 4.79 Å². The van der Waals surface area contributed by atoms with Crippen LogP contribution in [0.5, 0.6) is 0 Å². The van der Waals surface area contributed by atoms with Crippen LogP contribution in [0.1, 0.15) is 21.5 Å². The molecule has 3 N–H and O–H groups in total. The molecule has 2 aromatic rings. The molecule has 0 bridgehead atoms. The largest absolute Gasteiger partial charge is 0.389 e. The first kappa shape index (κ1) is 14.0. The Morgan fingerprint density at radius 3 is 2.68 bits per heavy atom. The van der Waals surface area contributed by atoms with Crippen LogP contribution in [0.15, 0.2) is 29.0 Å². The van der Waals surface area contributed by atoms with Crippen LogP contribution < -0.4 is 11.1 Å². The van der Waals surface area contributed by atoms with Crippen molar-refractivity contribution in [1.29, 1.82) is 0 Å². The van der Waals surface area contributed by atoms with Crippen molar-refractivity contribution in [3.05, 3.63) is 50.7 Å². The molecule has 1 amide bonds. The van der Waals surface area contributed by atoms with Gasteiger partial charge >= 0.3 is 0 Å². The first-order chi connectivity index (χ1) is 8.99. The lowest BCUT2D eigenvalue weighted by Crippen LogP contribution is -2.13. The minimum atomic E-state index is -0.177. The van der Waals surface area contributed by atoms with E-state index in [4.69, 9.17) is 29.6 Å². The van der Waals surface area contributed by atoms with Gasteiger partial charge in [-0.2, -0.15) is 11.3 Å². The highest BCUT2D eigenvalue weighted by atomic mass is 35.5. The number of carbonyl (C=O) groups is 1. The van der Waals surface area contributed by atoms with Gasteiger partial charge < -0.3 is 11.1 Å². The predicted molar refractivity (Wildman–Crippen MR) is 84.3 cm³/mol. The van der Waals surface area contributed by atoms with Gasteiger partial charge in [-0.15, -0.1) is 0 Å². The number of halogens is 1. The molecular weight excluding hydrogens is 300 g/mol. The van der Waals surface area contributed by atoms with Crippen molar-refractivity contribution in [3.8, 4) is 0 Å². The Balaban J connectivity index is 2.23. The Morgan fingerprint density at radius 2 is 2.16 bits per heavy atom. The molecule has 0 aliphatic heterocycles. The van der Waals surface area contributed by atoms with Gasteiger partial charge in [0, 0.05) is 10.9 Å². The number of thiophene rings is 1. The maximum absolute atomic E-state index is 12.1. The van der Waals surface area contributed by atoms with Gasteiger partial charge in [-0.25, -0.2) is 0 Å². The van der Waals surface area contributed by atoms with Crippen molar-refractivity contribution >= 4 is 51.7 Å². The summed E-state index contributed by atoms with van der Waals surface area (Å²) in [6.45, 7) is 1.89. The number of hydrogen-bond donors (Lipinski definition) is 2. The van der Waals surface area contributed by atoms with Crippen LogP contribution in [0.4, 0.5) is 5.69 Å². The van der Waals surface area contributed by atoms with Crippen molar-refractivity contribution in [2.75, 3.05) is 5.32 Å². The predicted octanol–water partition coefficient (Wildman–Crippen LogP) is 3.60. The molecule has 98 valence electrons. The second kappa shape index (κ2) is 5.69. The Bertz CT molecular complexity index is 652. The normalized spacial score (nSPS) is 10.2. The molecule has 1 aromatic carbocycles. The van der Waals surface area contributed by atoms with Gasteiger partial charge in [0.2, 0.25) is 0 Å². The lowest BCUT2D eigenvalue weighted by molar-refractivity contribution is 0.102. The van der Waals surface area contributed by atoms with E-state index in [9.17, 15) is 4.79 Å². The number of amides is 1. The Kier molecular flexibility index (Phi) is 4.19. The molecule has 0 spiro atoms. The quantitative estimate of drug-likeness (QED) is 0.852. The Morgan fingerprint density at radius 1 is 1.42 bits per heavy atom. The van der Waals surface area contributed by atoms with Crippen LogP contribution >= 0.6 is 35.2 Å². The summed E-state index contributed by atoms with van der Waals surface area (Å²) in [5.41, 5.74) is 8.32. The minimum Gasteiger partial charge on any atom is -0.389 e. The number of thiocarbonyl (C=S) groups is 1. The molecule has 6 heteroatoms. The number of nitrogens with one attached hydrogen (secondary N) is 1. The van der Waals surface area contributed by atoms with Crippen LogP contribution in [0.2, 0.25) is 5.02 Å². The van der Waals surface area contributed by atoms with E-state index in [1.807, 2.05) is 17.7 Å². The van der Waals surface area contributed by atoms with Crippen molar-refractivity contribution in [2.45, 2.75) is 6.92 Å². The highest BCUT2D eigenvalue weighted by Crippen LogP contribution is 2.24. The van der Waals surface area contributed by atoms with E-state index in [1.165, 1.54) is 11.3 Å². The SMILES string of the molecule is Cc1cscc1C(=O)Nc1ccc(C(N)=S)cc1Cl. The van der Waals surface area contributed by atoms with Gasteiger partial charge in [-0.05, 0) is 36.1 Å². The topological polar surface area (TPSA) is 55.1 Å². The van der Waals surface area contributed by atoms with Gasteiger partial charge in [-0.3, -0.25) is 4.79 Å². The number of hydrogen-bond acceptors (Lipinski definition) is 3. The third kappa shape index (κ3) is 3.12. The van der Waals surface area contributed by atoms with Gasteiger partial charge in [0.1, 0.15) is 4.99 Å². The third-order valence-corrected chi connectivity index (χ3v) is 4.01. The van der Waals surface area contributed by atoms with Crippen LogP contribution in [0.25, 0.3) is 0 Å². The fourth-order valence-corrected chi connectivity index (χ4v) is 2.74. The summed E-state index contributed by atoms with van der Waals surface area (Å²) in [4.78, 5) is 12.3. The monoisotopic (exact) mass is 310 g/mol. The maximum atomic E-state index is 12.1. The molecule has 0 radical (unpaired) electrons. The number of aryl methyl sites for hydroxylation is 1. The van der Waals surface area contributed by atoms with Crippen LogP contribution in [0, 0.1) is 6.92 Å². The van der Waals surface area contributed by atoms with Crippen LogP contribution in [-0.2, 0) is 0 Å². The lowest BCUT2D eigenvalue weighted by atomic mass is 10.2. The molecule has 3 nitrogen and oxygen atoms in total. The number of nitrogens with two attached hydrogens (primary N) is 1. The molecule has 0 aliphatic rings. The summed E-state index contributed by atoms with van der Waals surface area (Å²) in [6, 6.07) is 5.06. The summed E-state index contributed by atoms with van der Waals surface area (Å²) >= 11 is 12.4. The van der Waals surface area contributed by atoms with Crippen molar-refractivity contribution in [1.82, 2.24) is 0 Å². The van der Waals surface area contributed by atoms with Crippen LogP contribution in [0.3, 0.4) is 0 Å². The molecule has 1 heterocycles. The molecule has 1 aromatic heterocycles. The molecule has 0 saturated heterocycles. The minimum absolute atomic E-state index is 0.177.